The summed E-state index contributed by atoms with van der Waals surface area (Å²) in [6.07, 6.45) is 0. The minimum absolute atomic E-state index is 0.0101. The topological polar surface area (TPSA) is 79.1 Å². The smallest absolute Gasteiger partial charge is 0.352 e. The van der Waals surface area contributed by atoms with Gasteiger partial charge in [0.25, 0.3) is 0 Å². The van der Waals surface area contributed by atoms with E-state index in [9.17, 15) is 4.79 Å². The first-order valence-electron chi connectivity index (χ1n) is 4.48. The van der Waals surface area contributed by atoms with Gasteiger partial charge in [0.15, 0.2) is 11.6 Å². The van der Waals surface area contributed by atoms with Crippen molar-refractivity contribution in [3.8, 4) is 11.6 Å². The van der Waals surface area contributed by atoms with Crippen LogP contribution in [-0.2, 0) is 0 Å². The van der Waals surface area contributed by atoms with E-state index in [2.05, 4.69) is 9.97 Å². The van der Waals surface area contributed by atoms with Crippen molar-refractivity contribution in [3.05, 3.63) is 34.3 Å². The number of hydrogen-bond donors (Lipinski definition) is 2. The molecule has 2 aromatic rings. The summed E-state index contributed by atoms with van der Waals surface area (Å²) < 4.78 is 5.53. The molecule has 0 aliphatic heterocycles. The number of H-pyrrole nitrogens is 1. The summed E-state index contributed by atoms with van der Waals surface area (Å²) in [4.78, 5) is 17.5. The first-order chi connectivity index (χ1) is 7.56. The molecule has 0 saturated heterocycles. The molecular formula is C10H8N2O3S. The Morgan fingerprint density at radius 1 is 1.56 bits per heavy atom. The SMILES string of the molecule is Cc1ccc(-c2nc(=S)cc(C(=O)O)[nH]2)o1. The molecule has 5 nitrogen and oxygen atoms in total. The average molecular weight is 236 g/mol. The van der Waals surface area contributed by atoms with Crippen molar-refractivity contribution in [2.75, 3.05) is 0 Å². The van der Waals surface area contributed by atoms with Crippen LogP contribution >= 0.6 is 12.2 Å². The van der Waals surface area contributed by atoms with Crippen molar-refractivity contribution in [2.45, 2.75) is 6.92 Å². The van der Waals surface area contributed by atoms with Crippen molar-refractivity contribution in [3.63, 3.8) is 0 Å². The van der Waals surface area contributed by atoms with Crippen LogP contribution in [0.5, 0.6) is 0 Å². The monoisotopic (exact) mass is 236 g/mol. The minimum atomic E-state index is -1.09. The van der Waals surface area contributed by atoms with Crippen LogP contribution in [0.3, 0.4) is 0 Å². The molecule has 0 bridgehead atoms. The van der Waals surface area contributed by atoms with E-state index in [1.165, 1.54) is 6.07 Å². The first kappa shape index (κ1) is 10.6. The molecule has 0 aliphatic rings. The van der Waals surface area contributed by atoms with E-state index < -0.39 is 5.97 Å². The molecule has 0 aromatic carbocycles. The van der Waals surface area contributed by atoms with Crippen LogP contribution in [0.25, 0.3) is 11.6 Å². The van der Waals surface area contributed by atoms with Gasteiger partial charge >= 0.3 is 5.97 Å². The number of aromatic amines is 1. The van der Waals surface area contributed by atoms with Crippen LogP contribution in [0.4, 0.5) is 0 Å². The number of furan rings is 1. The summed E-state index contributed by atoms with van der Waals surface area (Å²) in [6.45, 7) is 1.79. The molecule has 0 unspecified atom stereocenters. The maximum absolute atomic E-state index is 10.8. The van der Waals surface area contributed by atoms with Crippen LogP contribution in [0.15, 0.2) is 22.6 Å². The number of rotatable bonds is 2. The molecule has 0 spiro atoms. The van der Waals surface area contributed by atoms with E-state index in [1.54, 1.807) is 19.1 Å². The predicted octanol–water partition coefficient (Wildman–Crippen LogP) is 2.41. The fourth-order valence-corrected chi connectivity index (χ4v) is 1.46. The van der Waals surface area contributed by atoms with Crippen molar-refractivity contribution in [1.29, 1.82) is 0 Å². The van der Waals surface area contributed by atoms with Crippen molar-refractivity contribution in [2.24, 2.45) is 0 Å². The zero-order valence-corrected chi connectivity index (χ0v) is 9.17. The summed E-state index contributed by atoms with van der Waals surface area (Å²) in [6, 6.07) is 4.76. The predicted molar refractivity (Wildman–Crippen MR) is 58.8 cm³/mol. The van der Waals surface area contributed by atoms with Gasteiger partial charge in [-0.25, -0.2) is 9.78 Å². The van der Waals surface area contributed by atoms with E-state index >= 15 is 0 Å². The van der Waals surface area contributed by atoms with Crippen molar-refractivity contribution < 1.29 is 14.3 Å². The number of nitrogens with one attached hydrogen (secondary N) is 1. The lowest BCUT2D eigenvalue weighted by atomic mass is 10.3. The van der Waals surface area contributed by atoms with Gasteiger partial charge in [-0.15, -0.1) is 0 Å². The highest BCUT2D eigenvalue weighted by atomic mass is 32.1. The van der Waals surface area contributed by atoms with Crippen molar-refractivity contribution >= 4 is 18.2 Å². The molecule has 6 heteroatoms. The fraction of sp³-hybridized carbons (Fsp3) is 0.100. The van der Waals surface area contributed by atoms with Crippen LogP contribution in [0.1, 0.15) is 16.2 Å². The first-order valence-corrected chi connectivity index (χ1v) is 4.88. The number of hydrogen-bond acceptors (Lipinski definition) is 4. The van der Waals surface area contributed by atoms with E-state index in [-0.39, 0.29) is 10.3 Å². The van der Waals surface area contributed by atoms with Gasteiger partial charge < -0.3 is 14.5 Å². The Hall–Kier alpha value is -1.95. The van der Waals surface area contributed by atoms with Gasteiger partial charge in [0.1, 0.15) is 16.1 Å². The molecule has 0 fully saturated rings. The third kappa shape index (κ3) is 2.01. The Balaban J connectivity index is 2.57. The third-order valence-electron chi connectivity index (χ3n) is 1.95. The van der Waals surface area contributed by atoms with Crippen molar-refractivity contribution in [1.82, 2.24) is 9.97 Å². The molecule has 0 amide bonds. The van der Waals surface area contributed by atoms with Gasteiger partial charge in [0.05, 0.1) is 0 Å². The molecule has 0 aliphatic carbocycles. The van der Waals surface area contributed by atoms with Gasteiger partial charge in [-0.3, -0.25) is 0 Å². The molecule has 2 rings (SSSR count). The molecule has 0 atom stereocenters. The summed E-state index contributed by atoms with van der Waals surface area (Å²) in [5.41, 5.74) is -0.0101. The summed E-state index contributed by atoms with van der Waals surface area (Å²) in [5.74, 6) is 0.416. The Kier molecular flexibility index (Phi) is 2.57. The van der Waals surface area contributed by atoms with Gasteiger partial charge in [-0.2, -0.15) is 0 Å². The number of aryl methyl sites for hydroxylation is 1. The molecule has 2 aromatic heterocycles. The Bertz CT molecular complexity index is 600. The fourth-order valence-electron chi connectivity index (χ4n) is 1.25. The quantitative estimate of drug-likeness (QED) is 0.783. The molecule has 2 heterocycles. The maximum atomic E-state index is 10.8. The van der Waals surface area contributed by atoms with Gasteiger partial charge in [-0.1, -0.05) is 12.2 Å². The highest BCUT2D eigenvalue weighted by molar-refractivity contribution is 7.71. The lowest BCUT2D eigenvalue weighted by Gasteiger charge is -1.99. The summed E-state index contributed by atoms with van der Waals surface area (Å²) >= 11 is 4.88. The van der Waals surface area contributed by atoms with Gasteiger partial charge in [-0.05, 0) is 19.1 Å². The zero-order chi connectivity index (χ0) is 11.7. The highest BCUT2D eigenvalue weighted by Gasteiger charge is 2.09. The average Bonchev–Trinajstić information content (AvgIpc) is 2.64. The van der Waals surface area contributed by atoms with Gasteiger partial charge in [0.2, 0.25) is 0 Å². The van der Waals surface area contributed by atoms with Crippen LogP contribution in [-0.4, -0.2) is 21.0 Å². The lowest BCUT2D eigenvalue weighted by molar-refractivity contribution is 0.0690. The van der Waals surface area contributed by atoms with Crippen LogP contribution in [0.2, 0.25) is 0 Å². The number of aromatic carboxylic acids is 1. The second kappa shape index (κ2) is 3.90. The number of nitrogens with zero attached hydrogens (tertiary/aromatic N) is 1. The van der Waals surface area contributed by atoms with E-state index in [0.29, 0.717) is 11.6 Å². The largest absolute Gasteiger partial charge is 0.477 e. The number of carbonyl (C=O) groups is 1. The van der Waals surface area contributed by atoms with E-state index in [0.717, 1.165) is 5.76 Å². The Labute approximate surface area is 95.8 Å². The number of aromatic nitrogens is 2. The Morgan fingerprint density at radius 2 is 2.31 bits per heavy atom. The molecule has 16 heavy (non-hydrogen) atoms. The van der Waals surface area contributed by atoms with Crippen LogP contribution in [0, 0.1) is 11.6 Å². The summed E-state index contributed by atoms with van der Waals surface area (Å²) in [7, 11) is 0. The standard InChI is InChI=1S/C10H8N2O3S/c1-5-2-3-7(15-5)9-11-6(10(13)14)4-8(16)12-9/h2-4H,1H3,(H,13,14)(H,11,12,16). The third-order valence-corrected chi connectivity index (χ3v) is 2.16. The highest BCUT2D eigenvalue weighted by Crippen LogP contribution is 2.18. The summed E-state index contributed by atoms with van der Waals surface area (Å²) in [5, 5.41) is 8.85. The minimum Gasteiger partial charge on any atom is -0.477 e. The van der Waals surface area contributed by atoms with Gasteiger partial charge in [0, 0.05) is 6.07 Å². The second-order valence-electron chi connectivity index (χ2n) is 3.20. The number of carboxylic acid groups (broad SMARTS) is 1. The molecule has 0 radical (unpaired) electrons. The molecule has 82 valence electrons. The molecule has 0 saturated carbocycles. The number of carboxylic acids is 1. The van der Waals surface area contributed by atoms with E-state index in [1.807, 2.05) is 0 Å². The van der Waals surface area contributed by atoms with Crippen LogP contribution < -0.4 is 0 Å². The zero-order valence-electron chi connectivity index (χ0n) is 8.35. The molecular weight excluding hydrogens is 228 g/mol. The normalized spacial score (nSPS) is 10.3. The Morgan fingerprint density at radius 3 is 2.88 bits per heavy atom. The lowest BCUT2D eigenvalue weighted by Crippen LogP contribution is -2.02. The van der Waals surface area contributed by atoms with E-state index in [4.69, 9.17) is 21.7 Å². The maximum Gasteiger partial charge on any atom is 0.352 e. The second-order valence-corrected chi connectivity index (χ2v) is 3.62. The molecule has 2 N–H and O–H groups in total.